The number of halogens is 3. The molecule has 1 fully saturated rings. The maximum atomic E-state index is 12.7. The van der Waals surface area contributed by atoms with Crippen molar-refractivity contribution in [3.05, 3.63) is 35.7 Å². The van der Waals surface area contributed by atoms with Crippen LogP contribution in [0.2, 0.25) is 0 Å². The van der Waals surface area contributed by atoms with Crippen LogP contribution in [0.25, 0.3) is 0 Å². The van der Waals surface area contributed by atoms with E-state index >= 15 is 0 Å². The highest BCUT2D eigenvalue weighted by atomic mass is 32.2. The Morgan fingerprint density at radius 1 is 1.07 bits per heavy atom. The lowest BCUT2D eigenvalue weighted by atomic mass is 10.2. The molecule has 0 aliphatic carbocycles. The second-order valence-corrected chi connectivity index (χ2v) is 8.55. The van der Waals surface area contributed by atoms with Gasteiger partial charge in [0.05, 0.1) is 17.0 Å². The Morgan fingerprint density at radius 2 is 1.69 bits per heavy atom. The Balaban J connectivity index is 1.79. The van der Waals surface area contributed by atoms with Crippen LogP contribution in [0.3, 0.4) is 0 Å². The standard InChI is InChI=1S/C17H21F3N6O2S/c1-25(2)15-22-14(23-16(24-15)26-9-3-4-10-26)11-21-29(27,28)13-7-5-12(6-8-13)17(18,19)20/h5-8,21H,3-4,9-11H2,1-2H3. The van der Waals surface area contributed by atoms with Crippen molar-refractivity contribution in [2.24, 2.45) is 0 Å². The summed E-state index contributed by atoms with van der Waals surface area (Å²) in [6.07, 6.45) is -2.48. The van der Waals surface area contributed by atoms with E-state index in [1.54, 1.807) is 19.0 Å². The van der Waals surface area contributed by atoms with Gasteiger partial charge in [-0.05, 0) is 37.1 Å². The van der Waals surface area contributed by atoms with Crippen LogP contribution in [0.1, 0.15) is 24.2 Å². The second kappa shape index (κ2) is 8.11. The van der Waals surface area contributed by atoms with Gasteiger partial charge in [0, 0.05) is 27.2 Å². The fraction of sp³-hybridized carbons (Fsp3) is 0.471. The predicted molar refractivity (Wildman–Crippen MR) is 101 cm³/mol. The molecule has 0 bridgehead atoms. The SMILES string of the molecule is CN(C)c1nc(CNS(=O)(=O)c2ccc(C(F)(F)F)cc2)nc(N2CCCC2)n1. The molecule has 158 valence electrons. The van der Waals surface area contributed by atoms with Gasteiger partial charge in [-0.2, -0.15) is 28.1 Å². The molecule has 1 aromatic carbocycles. The summed E-state index contributed by atoms with van der Waals surface area (Å²) in [6, 6.07) is 3.29. The van der Waals surface area contributed by atoms with Gasteiger partial charge in [0.1, 0.15) is 0 Å². The third kappa shape index (κ3) is 5.12. The average molecular weight is 430 g/mol. The van der Waals surface area contributed by atoms with Gasteiger partial charge < -0.3 is 9.80 Å². The van der Waals surface area contributed by atoms with Crippen LogP contribution in [-0.4, -0.2) is 50.6 Å². The number of anilines is 2. The second-order valence-electron chi connectivity index (χ2n) is 6.79. The summed E-state index contributed by atoms with van der Waals surface area (Å²) in [4.78, 5) is 16.4. The molecule has 1 saturated heterocycles. The lowest BCUT2D eigenvalue weighted by Crippen LogP contribution is -2.27. The minimum absolute atomic E-state index is 0.215. The van der Waals surface area contributed by atoms with Crippen molar-refractivity contribution in [2.45, 2.75) is 30.5 Å². The van der Waals surface area contributed by atoms with Crippen molar-refractivity contribution in [2.75, 3.05) is 37.0 Å². The van der Waals surface area contributed by atoms with Gasteiger partial charge in [-0.15, -0.1) is 0 Å². The number of rotatable bonds is 6. The van der Waals surface area contributed by atoms with Gasteiger partial charge in [-0.1, -0.05) is 0 Å². The van der Waals surface area contributed by atoms with Crippen molar-refractivity contribution in [1.29, 1.82) is 0 Å². The Hall–Kier alpha value is -2.47. The largest absolute Gasteiger partial charge is 0.416 e. The van der Waals surface area contributed by atoms with Crippen molar-refractivity contribution >= 4 is 21.9 Å². The molecule has 1 aromatic heterocycles. The molecule has 3 rings (SSSR count). The van der Waals surface area contributed by atoms with E-state index in [0.717, 1.165) is 50.2 Å². The molecular formula is C17H21F3N6O2S. The number of nitrogens with one attached hydrogen (secondary N) is 1. The van der Waals surface area contributed by atoms with E-state index in [9.17, 15) is 21.6 Å². The smallest absolute Gasteiger partial charge is 0.347 e. The van der Waals surface area contributed by atoms with Crippen molar-refractivity contribution in [1.82, 2.24) is 19.7 Å². The fourth-order valence-corrected chi connectivity index (χ4v) is 3.78. The maximum absolute atomic E-state index is 12.7. The topological polar surface area (TPSA) is 91.3 Å². The molecule has 0 unspecified atom stereocenters. The van der Waals surface area contributed by atoms with E-state index in [2.05, 4.69) is 19.7 Å². The summed E-state index contributed by atoms with van der Waals surface area (Å²) in [5.74, 6) is 1.09. The summed E-state index contributed by atoms with van der Waals surface area (Å²) < 4.78 is 65.2. The molecule has 1 N–H and O–H groups in total. The van der Waals surface area contributed by atoms with Crippen LogP contribution in [0, 0.1) is 0 Å². The van der Waals surface area contributed by atoms with Crippen molar-refractivity contribution in [3.8, 4) is 0 Å². The van der Waals surface area contributed by atoms with E-state index in [4.69, 9.17) is 0 Å². The number of sulfonamides is 1. The molecular weight excluding hydrogens is 409 g/mol. The molecule has 12 heteroatoms. The number of alkyl halides is 3. The molecule has 0 saturated carbocycles. The van der Waals surface area contributed by atoms with Crippen molar-refractivity contribution in [3.63, 3.8) is 0 Å². The Labute approximate surface area is 166 Å². The predicted octanol–water partition coefficient (Wildman–Crippen LogP) is 2.04. The molecule has 0 spiro atoms. The lowest BCUT2D eigenvalue weighted by molar-refractivity contribution is -0.137. The number of hydrogen-bond acceptors (Lipinski definition) is 7. The summed E-state index contributed by atoms with van der Waals surface area (Å²) in [6.45, 7) is 1.41. The van der Waals surface area contributed by atoms with Gasteiger partial charge in [0.2, 0.25) is 21.9 Å². The Kier molecular flexibility index (Phi) is 5.94. The first-order valence-corrected chi connectivity index (χ1v) is 10.4. The third-order valence-electron chi connectivity index (χ3n) is 4.36. The highest BCUT2D eigenvalue weighted by Gasteiger charge is 2.30. The van der Waals surface area contributed by atoms with Gasteiger partial charge in [-0.25, -0.2) is 13.1 Å². The van der Waals surface area contributed by atoms with Crippen LogP contribution in [0.4, 0.5) is 25.1 Å². The first-order chi connectivity index (χ1) is 13.6. The van der Waals surface area contributed by atoms with Crippen LogP contribution < -0.4 is 14.5 Å². The molecule has 0 atom stereocenters. The molecule has 29 heavy (non-hydrogen) atoms. The Bertz CT molecular complexity index is 958. The Morgan fingerprint density at radius 3 is 2.24 bits per heavy atom. The zero-order chi connectivity index (χ0) is 21.2. The van der Waals surface area contributed by atoms with Gasteiger partial charge in [0.25, 0.3) is 0 Å². The summed E-state index contributed by atoms with van der Waals surface area (Å²) >= 11 is 0. The normalized spacial score (nSPS) is 15.0. The van der Waals surface area contributed by atoms with Crippen LogP contribution >= 0.6 is 0 Å². The summed E-state index contributed by atoms with van der Waals surface area (Å²) in [5.41, 5.74) is -0.917. The van der Waals surface area contributed by atoms with Crippen LogP contribution in [0.15, 0.2) is 29.2 Å². The van der Waals surface area contributed by atoms with Crippen LogP contribution in [-0.2, 0) is 22.7 Å². The third-order valence-corrected chi connectivity index (χ3v) is 5.78. The van der Waals surface area contributed by atoms with E-state index in [-0.39, 0.29) is 17.3 Å². The monoisotopic (exact) mass is 430 g/mol. The quantitative estimate of drug-likeness (QED) is 0.750. The van der Waals surface area contributed by atoms with E-state index in [1.807, 2.05) is 4.90 Å². The van der Waals surface area contributed by atoms with Crippen LogP contribution in [0.5, 0.6) is 0 Å². The van der Waals surface area contributed by atoms with Crippen molar-refractivity contribution < 1.29 is 21.6 Å². The number of hydrogen-bond donors (Lipinski definition) is 1. The number of nitrogens with zero attached hydrogens (tertiary/aromatic N) is 5. The van der Waals surface area contributed by atoms with E-state index in [1.165, 1.54) is 0 Å². The molecule has 2 aromatic rings. The summed E-state index contributed by atoms with van der Waals surface area (Å²) in [7, 11) is -0.504. The molecule has 2 heterocycles. The summed E-state index contributed by atoms with van der Waals surface area (Å²) in [5, 5.41) is 0. The minimum Gasteiger partial charge on any atom is -0.347 e. The number of benzene rings is 1. The maximum Gasteiger partial charge on any atom is 0.416 e. The highest BCUT2D eigenvalue weighted by Crippen LogP contribution is 2.29. The first-order valence-electron chi connectivity index (χ1n) is 8.90. The number of aromatic nitrogens is 3. The molecule has 0 amide bonds. The van der Waals surface area contributed by atoms with E-state index in [0.29, 0.717) is 11.9 Å². The van der Waals surface area contributed by atoms with Gasteiger partial charge in [0.15, 0.2) is 5.82 Å². The lowest BCUT2D eigenvalue weighted by Gasteiger charge is -2.19. The minimum atomic E-state index is -4.53. The van der Waals surface area contributed by atoms with E-state index < -0.39 is 21.8 Å². The molecule has 1 aliphatic rings. The molecule has 8 nitrogen and oxygen atoms in total. The van der Waals surface area contributed by atoms with Gasteiger partial charge >= 0.3 is 6.18 Å². The molecule has 1 aliphatic heterocycles. The first kappa shape index (κ1) is 21.2. The fourth-order valence-electron chi connectivity index (χ4n) is 2.80. The zero-order valence-corrected chi connectivity index (χ0v) is 16.8. The highest BCUT2D eigenvalue weighted by molar-refractivity contribution is 7.89. The molecule has 0 radical (unpaired) electrons. The van der Waals surface area contributed by atoms with Gasteiger partial charge in [-0.3, -0.25) is 0 Å². The zero-order valence-electron chi connectivity index (χ0n) is 15.9. The average Bonchev–Trinajstić information content (AvgIpc) is 3.20.